The Balaban J connectivity index is 1.32. The summed E-state index contributed by atoms with van der Waals surface area (Å²) < 4.78 is 6.06. The highest BCUT2D eigenvalue weighted by molar-refractivity contribution is 5.94. The first-order valence-corrected chi connectivity index (χ1v) is 16.6. The number of rotatable bonds is 5. The lowest BCUT2D eigenvalue weighted by molar-refractivity contribution is -0.260. The largest absolute Gasteiger partial charge is 0.393 e. The van der Waals surface area contributed by atoms with Gasteiger partial charge in [0.2, 0.25) is 5.91 Å². The molecule has 6 fully saturated rings. The Labute approximate surface area is 253 Å². The summed E-state index contributed by atoms with van der Waals surface area (Å²) in [6.07, 6.45) is -0.483. The summed E-state index contributed by atoms with van der Waals surface area (Å²) in [5.74, 6) is -7.01. The van der Waals surface area contributed by atoms with Gasteiger partial charge >= 0.3 is 0 Å². The highest BCUT2D eigenvalue weighted by Crippen LogP contribution is 2.60. The lowest BCUT2D eigenvalue weighted by Gasteiger charge is -2.63. The maximum atomic E-state index is 14.2. The molecule has 5 saturated carbocycles. The number of nitrogens with zero attached hydrogens (tertiary/aromatic N) is 1. The molecule has 1 heterocycles. The molecule has 8 N–H and O–H groups in total. The number of primary amides is 1. The van der Waals surface area contributed by atoms with Crippen molar-refractivity contribution in [2.75, 3.05) is 26.7 Å². The van der Waals surface area contributed by atoms with E-state index < -0.39 is 77.4 Å². The number of methoxy groups -OCH3 is 1. The molecule has 6 rings (SSSR count). The van der Waals surface area contributed by atoms with Crippen molar-refractivity contribution in [3.63, 3.8) is 0 Å². The summed E-state index contributed by atoms with van der Waals surface area (Å²) in [6.45, 7) is 5.33. The van der Waals surface area contributed by atoms with Crippen LogP contribution in [-0.4, -0.2) is 116 Å². The van der Waals surface area contributed by atoms with Crippen LogP contribution in [0.3, 0.4) is 0 Å². The average molecular weight is 609 g/mol. The van der Waals surface area contributed by atoms with Gasteiger partial charge in [0.25, 0.3) is 0 Å². The van der Waals surface area contributed by atoms with Crippen LogP contribution in [0.5, 0.6) is 0 Å². The van der Waals surface area contributed by atoms with Crippen LogP contribution >= 0.6 is 0 Å². The Bertz CT molecular complexity index is 1060. The molecule has 0 bridgehead atoms. The molecular formula is C32H52N2O9. The number of likely N-dealkylation sites (tertiary alicyclic amines) is 1. The number of ketones is 1. The van der Waals surface area contributed by atoms with Crippen LogP contribution in [0.25, 0.3) is 0 Å². The van der Waals surface area contributed by atoms with Crippen LogP contribution < -0.4 is 5.73 Å². The summed E-state index contributed by atoms with van der Waals surface area (Å²) in [5.41, 5.74) is 2.86. The number of carbonyl (C=O) groups excluding carboxylic acids is 2. The Kier molecular flexibility index (Phi) is 8.78. The molecule has 244 valence electrons. The Morgan fingerprint density at radius 2 is 1.63 bits per heavy atom. The number of carbonyl (C=O) groups is 2. The van der Waals surface area contributed by atoms with Gasteiger partial charge in [-0.1, -0.05) is 6.92 Å². The standard InChI is InChI=1S/C32H52N2O9/c1-14-22-16(17-11-15(5-8-21(17)43-2)13-34-9-3-4-10-34)6-7-19(35)24(22)28(38)26-23(14)27(37)18-12-20(36)25(31(33)41)29(39)32(18,42)30(26)40/h14-29,35-39,42H,3-13H2,1-2H3,(H2,33,41)/t14-,15?,16?,17?,18+,19?,20?,21?,22?,23+,24?,25?,26?,27+,28?,29?,32+/m0/s1. The Hall–Kier alpha value is -1.18. The van der Waals surface area contributed by atoms with E-state index in [0.717, 1.165) is 45.3 Å². The maximum Gasteiger partial charge on any atom is 0.225 e. The minimum atomic E-state index is -2.56. The molecule has 5 aliphatic carbocycles. The van der Waals surface area contributed by atoms with Crippen molar-refractivity contribution in [3.05, 3.63) is 0 Å². The monoisotopic (exact) mass is 608 g/mol. The van der Waals surface area contributed by atoms with E-state index in [1.54, 1.807) is 7.11 Å². The van der Waals surface area contributed by atoms with Crippen molar-refractivity contribution in [1.82, 2.24) is 4.90 Å². The molecule has 0 spiro atoms. The third kappa shape index (κ3) is 4.92. The minimum Gasteiger partial charge on any atom is -0.393 e. The van der Waals surface area contributed by atoms with Gasteiger partial charge in [-0.05, 0) is 94.0 Å². The second kappa shape index (κ2) is 11.9. The molecule has 11 heteroatoms. The number of hydrogen-bond donors (Lipinski definition) is 7. The predicted octanol–water partition coefficient (Wildman–Crippen LogP) is -0.722. The zero-order valence-electron chi connectivity index (χ0n) is 25.4. The van der Waals surface area contributed by atoms with E-state index in [9.17, 15) is 40.2 Å². The highest BCUT2D eigenvalue weighted by Gasteiger charge is 2.71. The average Bonchev–Trinajstić information content (AvgIpc) is 3.48. The molecule has 43 heavy (non-hydrogen) atoms. The van der Waals surface area contributed by atoms with Gasteiger partial charge in [-0.2, -0.15) is 0 Å². The summed E-state index contributed by atoms with van der Waals surface area (Å²) in [4.78, 5) is 28.8. The molecule has 12 unspecified atom stereocenters. The van der Waals surface area contributed by atoms with Crippen LogP contribution in [-0.2, 0) is 14.3 Å². The lowest BCUT2D eigenvalue weighted by atomic mass is 9.44. The molecule has 0 aromatic carbocycles. The van der Waals surface area contributed by atoms with Crippen LogP contribution in [0.15, 0.2) is 0 Å². The Morgan fingerprint density at radius 1 is 0.930 bits per heavy atom. The second-order valence-electron chi connectivity index (χ2n) is 15.0. The summed E-state index contributed by atoms with van der Waals surface area (Å²) in [7, 11) is 1.76. The van der Waals surface area contributed by atoms with Gasteiger partial charge < -0.3 is 46.0 Å². The molecule has 1 saturated heterocycles. The zero-order valence-corrected chi connectivity index (χ0v) is 25.4. The van der Waals surface area contributed by atoms with Crippen molar-refractivity contribution in [3.8, 4) is 0 Å². The van der Waals surface area contributed by atoms with Gasteiger partial charge in [0.1, 0.15) is 6.10 Å². The number of aliphatic hydroxyl groups excluding tert-OH is 5. The number of ether oxygens (including phenoxy) is 1. The molecule has 0 aromatic heterocycles. The van der Waals surface area contributed by atoms with E-state index in [1.165, 1.54) is 12.8 Å². The number of nitrogens with two attached hydrogens (primary N) is 1. The molecule has 1 aliphatic heterocycles. The number of amides is 1. The number of Topliss-reactive ketones (excluding diaryl/α,β-unsaturated/α-hetero) is 1. The minimum absolute atomic E-state index is 0.0511. The molecule has 17 atom stereocenters. The van der Waals surface area contributed by atoms with Crippen molar-refractivity contribution in [2.45, 2.75) is 101 Å². The van der Waals surface area contributed by atoms with Gasteiger partial charge in [0.15, 0.2) is 11.4 Å². The maximum absolute atomic E-state index is 14.2. The van der Waals surface area contributed by atoms with Crippen molar-refractivity contribution < 1.29 is 45.0 Å². The van der Waals surface area contributed by atoms with E-state index in [0.29, 0.717) is 12.3 Å². The predicted molar refractivity (Wildman–Crippen MR) is 154 cm³/mol. The van der Waals surface area contributed by atoms with E-state index in [1.807, 2.05) is 6.92 Å². The van der Waals surface area contributed by atoms with Gasteiger partial charge in [-0.25, -0.2) is 0 Å². The Morgan fingerprint density at radius 3 is 2.28 bits per heavy atom. The van der Waals surface area contributed by atoms with Crippen molar-refractivity contribution in [2.24, 2.45) is 64.9 Å². The van der Waals surface area contributed by atoms with Gasteiger partial charge in [0, 0.05) is 31.4 Å². The second-order valence-corrected chi connectivity index (χ2v) is 15.0. The van der Waals surface area contributed by atoms with E-state index in [-0.39, 0.29) is 36.2 Å². The molecule has 11 nitrogen and oxygen atoms in total. The SMILES string of the molecule is COC1CCC(CN2CCCC2)CC1C1CCC(O)C2C(O)C3C(=O)[C@]4(O)C(O)C(C(N)=O)C(O)C[C@@H]4[C@@H](O)[C@@H]3[C@@H](C)C12. The molecular weight excluding hydrogens is 556 g/mol. The van der Waals surface area contributed by atoms with E-state index in [4.69, 9.17) is 10.5 Å². The smallest absolute Gasteiger partial charge is 0.225 e. The number of fused-ring (bicyclic) bond motifs is 3. The number of hydrogen-bond acceptors (Lipinski definition) is 10. The van der Waals surface area contributed by atoms with Gasteiger partial charge in [-0.15, -0.1) is 0 Å². The molecule has 0 aromatic rings. The van der Waals surface area contributed by atoms with Crippen LogP contribution in [0.1, 0.15) is 58.3 Å². The lowest BCUT2D eigenvalue weighted by Crippen LogP contribution is -2.76. The number of aliphatic hydroxyl groups is 6. The van der Waals surface area contributed by atoms with Crippen molar-refractivity contribution >= 4 is 11.7 Å². The summed E-state index contributed by atoms with van der Waals surface area (Å²) in [5, 5.41) is 68.6. The van der Waals surface area contributed by atoms with Crippen LogP contribution in [0.4, 0.5) is 0 Å². The topological polar surface area (TPSA) is 194 Å². The van der Waals surface area contributed by atoms with E-state index in [2.05, 4.69) is 4.90 Å². The molecule has 0 radical (unpaired) electrons. The first-order chi connectivity index (χ1) is 20.4. The third-order valence-corrected chi connectivity index (χ3v) is 13.2. The highest BCUT2D eigenvalue weighted by atomic mass is 16.5. The van der Waals surface area contributed by atoms with Crippen LogP contribution in [0, 0.1) is 59.2 Å². The zero-order chi connectivity index (χ0) is 31.0. The normalized spacial score (nSPS) is 54.0. The summed E-state index contributed by atoms with van der Waals surface area (Å²) in [6, 6.07) is 0. The fraction of sp³-hybridized carbons (Fsp3) is 0.938. The molecule has 1 amide bonds. The third-order valence-electron chi connectivity index (χ3n) is 13.2. The van der Waals surface area contributed by atoms with Gasteiger partial charge in [0.05, 0.1) is 42.4 Å². The summed E-state index contributed by atoms with van der Waals surface area (Å²) >= 11 is 0. The fourth-order valence-electron chi connectivity index (χ4n) is 11.3. The first-order valence-electron chi connectivity index (χ1n) is 16.6. The first kappa shape index (κ1) is 31.8. The van der Waals surface area contributed by atoms with E-state index >= 15 is 0 Å². The fourth-order valence-corrected chi connectivity index (χ4v) is 11.3. The molecule has 6 aliphatic rings. The van der Waals surface area contributed by atoms with Crippen LogP contribution in [0.2, 0.25) is 0 Å². The van der Waals surface area contributed by atoms with Gasteiger partial charge in [-0.3, -0.25) is 9.59 Å². The van der Waals surface area contributed by atoms with Crippen molar-refractivity contribution in [1.29, 1.82) is 0 Å². The quantitative estimate of drug-likeness (QED) is 0.209.